The van der Waals surface area contributed by atoms with Gasteiger partial charge in [0, 0.05) is 31.2 Å². The van der Waals surface area contributed by atoms with E-state index in [0.29, 0.717) is 19.1 Å². The Balaban J connectivity index is 1.86. The maximum absolute atomic E-state index is 6.16. The van der Waals surface area contributed by atoms with Crippen LogP contribution in [0.2, 0.25) is 0 Å². The molecule has 0 amide bonds. The van der Waals surface area contributed by atoms with Crippen molar-refractivity contribution >= 4 is 5.96 Å². The number of aliphatic imine (C=N–C) groups is 1. The summed E-state index contributed by atoms with van der Waals surface area (Å²) in [7, 11) is 0. The molecule has 1 aromatic carbocycles. The minimum atomic E-state index is 0.497. The normalized spacial score (nSPS) is 16.8. The number of hydrogen-bond donors (Lipinski definition) is 2. The van der Waals surface area contributed by atoms with E-state index in [0.717, 1.165) is 69.5 Å². The number of guanidine groups is 1. The van der Waals surface area contributed by atoms with Crippen molar-refractivity contribution in [2.75, 3.05) is 52.5 Å². The highest BCUT2D eigenvalue weighted by Crippen LogP contribution is 2.23. The highest BCUT2D eigenvalue weighted by atomic mass is 16.5. The SMILES string of the molecule is CCNC(=NCc1ccc(C)cc1OCC1CCOC1)NCCCCN(CC)CC. The van der Waals surface area contributed by atoms with Gasteiger partial charge < -0.3 is 25.0 Å². The number of aryl methyl sites for hydroxylation is 1. The Bertz CT molecular complexity index is 626. The molecule has 6 nitrogen and oxygen atoms in total. The number of unbranched alkanes of at least 4 members (excludes halogenated alkanes) is 1. The number of ether oxygens (including phenoxy) is 2. The lowest BCUT2D eigenvalue weighted by atomic mass is 10.1. The molecule has 0 saturated carbocycles. The van der Waals surface area contributed by atoms with Gasteiger partial charge in [-0.15, -0.1) is 0 Å². The van der Waals surface area contributed by atoms with E-state index in [1.54, 1.807) is 0 Å². The van der Waals surface area contributed by atoms with E-state index < -0.39 is 0 Å². The molecule has 2 N–H and O–H groups in total. The molecule has 1 unspecified atom stereocenters. The average molecular weight is 419 g/mol. The Morgan fingerprint density at radius 3 is 2.73 bits per heavy atom. The summed E-state index contributed by atoms with van der Waals surface area (Å²) >= 11 is 0. The summed E-state index contributed by atoms with van der Waals surface area (Å²) in [6.45, 7) is 16.8. The zero-order valence-electron chi connectivity index (χ0n) is 19.5. The third-order valence-corrected chi connectivity index (χ3v) is 5.56. The van der Waals surface area contributed by atoms with Crippen molar-refractivity contribution in [2.24, 2.45) is 10.9 Å². The number of benzene rings is 1. The lowest BCUT2D eigenvalue weighted by molar-refractivity contribution is 0.166. The zero-order valence-corrected chi connectivity index (χ0v) is 19.5. The van der Waals surface area contributed by atoms with Crippen LogP contribution in [0.15, 0.2) is 23.2 Å². The molecule has 1 fully saturated rings. The van der Waals surface area contributed by atoms with Gasteiger partial charge >= 0.3 is 0 Å². The summed E-state index contributed by atoms with van der Waals surface area (Å²) in [6, 6.07) is 6.38. The molecule has 0 radical (unpaired) electrons. The van der Waals surface area contributed by atoms with E-state index in [9.17, 15) is 0 Å². The van der Waals surface area contributed by atoms with E-state index in [4.69, 9.17) is 14.5 Å². The third-order valence-electron chi connectivity index (χ3n) is 5.56. The van der Waals surface area contributed by atoms with Crippen molar-refractivity contribution in [1.82, 2.24) is 15.5 Å². The van der Waals surface area contributed by atoms with E-state index in [1.165, 1.54) is 18.5 Å². The summed E-state index contributed by atoms with van der Waals surface area (Å²) in [5.74, 6) is 2.31. The fourth-order valence-electron chi connectivity index (χ4n) is 3.56. The Morgan fingerprint density at radius 1 is 1.20 bits per heavy atom. The van der Waals surface area contributed by atoms with E-state index in [-0.39, 0.29) is 0 Å². The first-order chi connectivity index (χ1) is 14.7. The third kappa shape index (κ3) is 8.92. The molecule has 2 rings (SSSR count). The van der Waals surface area contributed by atoms with Gasteiger partial charge in [-0.1, -0.05) is 26.0 Å². The summed E-state index contributed by atoms with van der Waals surface area (Å²) in [4.78, 5) is 7.27. The van der Waals surface area contributed by atoms with Gasteiger partial charge in [-0.05, 0) is 64.4 Å². The smallest absolute Gasteiger partial charge is 0.191 e. The van der Waals surface area contributed by atoms with Crippen molar-refractivity contribution in [2.45, 2.75) is 53.5 Å². The monoisotopic (exact) mass is 418 g/mol. The summed E-state index contributed by atoms with van der Waals surface area (Å²) in [5.41, 5.74) is 2.33. The van der Waals surface area contributed by atoms with Crippen LogP contribution in [-0.2, 0) is 11.3 Å². The van der Waals surface area contributed by atoms with E-state index in [2.05, 4.69) is 61.4 Å². The molecule has 0 spiro atoms. The number of rotatable bonds is 13. The molecule has 6 heteroatoms. The fraction of sp³-hybridized carbons (Fsp3) is 0.708. The minimum Gasteiger partial charge on any atom is -0.493 e. The maximum Gasteiger partial charge on any atom is 0.191 e. The lowest BCUT2D eigenvalue weighted by Crippen LogP contribution is -2.38. The lowest BCUT2D eigenvalue weighted by Gasteiger charge is -2.18. The first-order valence-corrected chi connectivity index (χ1v) is 11.7. The molecule has 1 heterocycles. The maximum atomic E-state index is 6.16. The largest absolute Gasteiger partial charge is 0.493 e. The highest BCUT2D eigenvalue weighted by Gasteiger charge is 2.17. The second-order valence-corrected chi connectivity index (χ2v) is 8.01. The molecule has 0 bridgehead atoms. The second kappa shape index (κ2) is 14.3. The number of nitrogens with zero attached hydrogens (tertiary/aromatic N) is 2. The van der Waals surface area contributed by atoms with Gasteiger partial charge in [0.05, 0.1) is 19.8 Å². The van der Waals surface area contributed by atoms with Crippen molar-refractivity contribution in [1.29, 1.82) is 0 Å². The molecule has 1 saturated heterocycles. The molecule has 1 atom stereocenters. The summed E-state index contributed by atoms with van der Waals surface area (Å²) < 4.78 is 11.6. The molecule has 1 aliphatic heterocycles. The van der Waals surface area contributed by atoms with Crippen LogP contribution >= 0.6 is 0 Å². The van der Waals surface area contributed by atoms with Crippen LogP contribution in [0.5, 0.6) is 5.75 Å². The van der Waals surface area contributed by atoms with Gasteiger partial charge in [0.25, 0.3) is 0 Å². The molecule has 1 aromatic rings. The van der Waals surface area contributed by atoms with Crippen LogP contribution in [0, 0.1) is 12.8 Å². The molecule has 0 aliphatic carbocycles. The quantitative estimate of drug-likeness (QED) is 0.291. The van der Waals surface area contributed by atoms with Crippen LogP contribution in [0.25, 0.3) is 0 Å². The number of hydrogen-bond acceptors (Lipinski definition) is 4. The fourth-order valence-corrected chi connectivity index (χ4v) is 3.56. The molecular formula is C24H42N4O2. The predicted molar refractivity (Wildman–Crippen MR) is 125 cm³/mol. The van der Waals surface area contributed by atoms with Crippen LogP contribution in [0.4, 0.5) is 0 Å². The van der Waals surface area contributed by atoms with Crippen LogP contribution < -0.4 is 15.4 Å². The van der Waals surface area contributed by atoms with Gasteiger partial charge in [-0.25, -0.2) is 4.99 Å². The Hall–Kier alpha value is -1.79. The number of nitrogens with one attached hydrogen (secondary N) is 2. The molecule has 30 heavy (non-hydrogen) atoms. The van der Waals surface area contributed by atoms with Gasteiger partial charge in [-0.2, -0.15) is 0 Å². The van der Waals surface area contributed by atoms with Crippen LogP contribution in [0.3, 0.4) is 0 Å². The van der Waals surface area contributed by atoms with Gasteiger partial charge in [-0.3, -0.25) is 0 Å². The first-order valence-electron chi connectivity index (χ1n) is 11.7. The highest BCUT2D eigenvalue weighted by molar-refractivity contribution is 5.79. The topological polar surface area (TPSA) is 58.1 Å². The zero-order chi connectivity index (χ0) is 21.6. The minimum absolute atomic E-state index is 0.497. The molecule has 170 valence electrons. The van der Waals surface area contributed by atoms with Gasteiger partial charge in [0.2, 0.25) is 0 Å². The molecule has 0 aromatic heterocycles. The standard InChI is InChI=1S/C24H42N4O2/c1-5-25-24(26-13-8-9-14-28(6-2)7-3)27-17-22-11-10-20(4)16-23(22)30-19-21-12-15-29-18-21/h10-11,16,21H,5-9,12-15,17-19H2,1-4H3,(H2,25,26,27). The van der Waals surface area contributed by atoms with E-state index in [1.807, 2.05) is 0 Å². The van der Waals surface area contributed by atoms with Crippen LogP contribution in [-0.4, -0.2) is 63.4 Å². The average Bonchev–Trinajstić information content (AvgIpc) is 3.27. The van der Waals surface area contributed by atoms with E-state index >= 15 is 0 Å². The Kier molecular flexibility index (Phi) is 11.6. The van der Waals surface area contributed by atoms with Crippen molar-refractivity contribution in [3.05, 3.63) is 29.3 Å². The van der Waals surface area contributed by atoms with Crippen molar-refractivity contribution < 1.29 is 9.47 Å². The van der Waals surface area contributed by atoms with Gasteiger partial charge in [0.1, 0.15) is 5.75 Å². The van der Waals surface area contributed by atoms with Crippen molar-refractivity contribution in [3.8, 4) is 5.75 Å². The Labute approximate surface area is 183 Å². The van der Waals surface area contributed by atoms with Gasteiger partial charge in [0.15, 0.2) is 5.96 Å². The first kappa shape index (κ1) is 24.5. The summed E-state index contributed by atoms with van der Waals surface area (Å²) in [5, 5.41) is 6.82. The molecular weight excluding hydrogens is 376 g/mol. The second-order valence-electron chi connectivity index (χ2n) is 8.01. The summed E-state index contributed by atoms with van der Waals surface area (Å²) in [6.07, 6.45) is 3.43. The predicted octanol–water partition coefficient (Wildman–Crippen LogP) is 3.59. The van der Waals surface area contributed by atoms with Crippen molar-refractivity contribution in [3.63, 3.8) is 0 Å². The Morgan fingerprint density at radius 2 is 2.03 bits per heavy atom. The van der Waals surface area contributed by atoms with Crippen LogP contribution in [0.1, 0.15) is 51.2 Å². The molecule has 1 aliphatic rings.